The fraction of sp³-hybridized carbons (Fsp3) is 0.857. The summed E-state index contributed by atoms with van der Waals surface area (Å²) in [6, 6.07) is 0. The second-order valence-electron chi connectivity index (χ2n) is 4.74. The van der Waals surface area contributed by atoms with E-state index in [0.29, 0.717) is 0 Å². The molecule has 0 saturated heterocycles. The van der Waals surface area contributed by atoms with Crippen molar-refractivity contribution in [2.24, 2.45) is 18.1 Å². The molecule has 8 heteroatoms. The van der Waals surface area contributed by atoms with Crippen molar-refractivity contribution in [2.75, 3.05) is 40.0 Å². The smallest absolute Gasteiger partial charge is 0.0847 e. The molecule has 0 aliphatic carbocycles. The highest BCUT2D eigenvalue weighted by atomic mass is 31.2. The Morgan fingerprint density at radius 3 is 1.80 bits per heavy atom. The minimum atomic E-state index is -1.55. The van der Waals surface area contributed by atoms with Crippen LogP contribution in [0.25, 0.3) is 0 Å². The van der Waals surface area contributed by atoms with Crippen LogP contribution in [-0.4, -0.2) is 46.3 Å². The Kier molecular flexibility index (Phi) is 3.80. The van der Waals surface area contributed by atoms with E-state index in [1.54, 1.807) is 0 Å². The average Bonchev–Trinajstić information content (AvgIpc) is 1.71. The van der Waals surface area contributed by atoms with Crippen molar-refractivity contribution in [1.29, 1.82) is 0 Å². The van der Waals surface area contributed by atoms with Crippen LogP contribution in [-0.2, 0) is 0 Å². The summed E-state index contributed by atoms with van der Waals surface area (Å²) in [6.07, 6.45) is 4.02. The summed E-state index contributed by atoms with van der Waals surface area (Å²) in [7, 11) is -5.45. The van der Waals surface area contributed by atoms with Crippen LogP contribution in [0, 0.1) is 0 Å². The number of nitrogens with zero attached hydrogens (tertiary/aromatic N) is 4. The van der Waals surface area contributed by atoms with Gasteiger partial charge in [-0.05, 0) is 46.3 Å². The summed E-state index contributed by atoms with van der Waals surface area (Å²) in [5.74, 6) is 0. The van der Waals surface area contributed by atoms with Gasteiger partial charge in [0, 0.05) is 0 Å². The largest absolute Gasteiger partial charge is 0.241 e. The third kappa shape index (κ3) is 4.58. The lowest BCUT2D eigenvalue weighted by atomic mass is 11.9. The molecule has 0 amide bonds. The molecular formula is C7H20N4P4. The van der Waals surface area contributed by atoms with Crippen molar-refractivity contribution < 1.29 is 0 Å². The third-order valence-corrected chi connectivity index (χ3v) is 13.7. The van der Waals surface area contributed by atoms with Crippen molar-refractivity contribution in [1.82, 2.24) is 0 Å². The normalized spacial score (nSPS) is 30.7. The van der Waals surface area contributed by atoms with Crippen LogP contribution >= 0.6 is 29.1 Å². The number of rotatable bonds is 0. The zero-order chi connectivity index (χ0) is 11.9. The van der Waals surface area contributed by atoms with Crippen molar-refractivity contribution in [2.45, 2.75) is 0 Å². The molecular weight excluding hydrogens is 264 g/mol. The molecule has 1 aliphatic rings. The Hall–Kier alpha value is 0.660. The van der Waals surface area contributed by atoms with Gasteiger partial charge in [-0.25, -0.2) is 18.1 Å². The summed E-state index contributed by atoms with van der Waals surface area (Å²) >= 11 is 0. The summed E-state index contributed by atoms with van der Waals surface area (Å²) in [5.41, 5.74) is 0. The van der Waals surface area contributed by atoms with Gasteiger partial charge < -0.3 is 0 Å². The minimum Gasteiger partial charge on any atom is -0.241 e. The Morgan fingerprint density at radius 2 is 1.27 bits per heavy atom. The topological polar surface area (TPSA) is 49.4 Å². The Bertz CT molecular complexity index is 501. The van der Waals surface area contributed by atoms with Gasteiger partial charge in [0.15, 0.2) is 0 Å². The lowest BCUT2D eigenvalue weighted by molar-refractivity contribution is 1.65. The van der Waals surface area contributed by atoms with E-state index in [0.717, 1.165) is 0 Å². The zero-order valence-corrected chi connectivity index (χ0v) is 13.9. The first-order valence-corrected chi connectivity index (χ1v) is 13.8. The van der Waals surface area contributed by atoms with E-state index in [1.165, 1.54) is 0 Å². The SMILES string of the molecule is C=P1=N\P(C)(C)=NP(C)(C)=NP(C)(C)=N/1. The molecule has 4 nitrogen and oxygen atoms in total. The molecule has 0 bridgehead atoms. The molecule has 0 radical (unpaired) electrons. The highest BCUT2D eigenvalue weighted by molar-refractivity contribution is 7.83. The molecule has 1 unspecified atom stereocenters. The van der Waals surface area contributed by atoms with Crippen LogP contribution in [0.3, 0.4) is 0 Å². The highest BCUT2D eigenvalue weighted by Gasteiger charge is 2.15. The third-order valence-electron chi connectivity index (χ3n) is 1.52. The molecule has 1 aliphatic heterocycles. The van der Waals surface area contributed by atoms with Gasteiger partial charge in [0.2, 0.25) is 0 Å². The Labute approximate surface area is 93.8 Å². The molecule has 0 saturated carbocycles. The first-order valence-electron chi connectivity index (χ1n) is 4.60. The number of hydrogen-bond donors (Lipinski definition) is 0. The first-order chi connectivity index (χ1) is 6.52. The van der Waals surface area contributed by atoms with Crippen molar-refractivity contribution in [3.05, 3.63) is 0 Å². The van der Waals surface area contributed by atoms with E-state index in [9.17, 15) is 0 Å². The second kappa shape index (κ2) is 4.15. The van der Waals surface area contributed by atoms with Gasteiger partial charge in [-0.1, -0.05) is 0 Å². The monoisotopic (exact) mass is 284 g/mol. The standard InChI is InChI=1S/C7H20N4P4/c1-12-8-13(2,3)10-15(6,7)11-14(4,5)9-12/h1H2,2-7H3. The van der Waals surface area contributed by atoms with E-state index < -0.39 is 29.1 Å². The molecule has 0 spiro atoms. The van der Waals surface area contributed by atoms with E-state index >= 15 is 0 Å². The molecule has 1 atom stereocenters. The fourth-order valence-corrected chi connectivity index (χ4v) is 16.1. The molecule has 0 fully saturated rings. The van der Waals surface area contributed by atoms with E-state index in [2.05, 4.69) is 55.3 Å². The molecule has 0 N–H and O–H groups in total. The molecule has 1 rings (SSSR count). The van der Waals surface area contributed by atoms with Crippen molar-refractivity contribution >= 4 is 35.4 Å². The first kappa shape index (κ1) is 13.7. The van der Waals surface area contributed by atoms with Gasteiger partial charge in [0.05, 0.1) is 29.1 Å². The highest BCUT2D eigenvalue weighted by Crippen LogP contribution is 2.67. The van der Waals surface area contributed by atoms with E-state index in [4.69, 9.17) is 9.03 Å². The predicted molar refractivity (Wildman–Crippen MR) is 80.1 cm³/mol. The van der Waals surface area contributed by atoms with Crippen LogP contribution in [0.2, 0.25) is 0 Å². The Morgan fingerprint density at radius 1 is 0.800 bits per heavy atom. The molecule has 0 aromatic rings. The molecule has 0 aromatic heterocycles. The van der Waals surface area contributed by atoms with E-state index in [-0.39, 0.29) is 0 Å². The second-order valence-corrected chi connectivity index (χ2v) is 16.4. The van der Waals surface area contributed by atoms with Gasteiger partial charge in [0.25, 0.3) is 0 Å². The van der Waals surface area contributed by atoms with Gasteiger partial charge in [-0.3, -0.25) is 0 Å². The molecule has 0 aromatic carbocycles. The summed E-state index contributed by atoms with van der Waals surface area (Å²) < 4.78 is 19.1. The van der Waals surface area contributed by atoms with Crippen molar-refractivity contribution in [3.63, 3.8) is 0 Å². The van der Waals surface area contributed by atoms with Crippen LogP contribution in [0.15, 0.2) is 18.1 Å². The van der Waals surface area contributed by atoms with Crippen LogP contribution in [0.5, 0.6) is 0 Å². The molecule has 15 heavy (non-hydrogen) atoms. The maximum atomic E-state index is 4.88. The number of hydrogen-bond acceptors (Lipinski definition) is 4. The minimum absolute atomic E-state index is 0.824. The van der Waals surface area contributed by atoms with Crippen LogP contribution in [0.1, 0.15) is 0 Å². The van der Waals surface area contributed by atoms with Gasteiger partial charge >= 0.3 is 0 Å². The summed E-state index contributed by atoms with van der Waals surface area (Å²) in [6.45, 7) is 12.8. The summed E-state index contributed by atoms with van der Waals surface area (Å²) in [4.78, 5) is 0. The maximum Gasteiger partial charge on any atom is 0.0847 e. The van der Waals surface area contributed by atoms with E-state index in [1.807, 2.05) is 0 Å². The Balaban J connectivity index is 3.60. The van der Waals surface area contributed by atoms with Gasteiger partial charge in [0.1, 0.15) is 0 Å². The lowest BCUT2D eigenvalue weighted by Gasteiger charge is -2.20. The summed E-state index contributed by atoms with van der Waals surface area (Å²) in [5, 5.41) is 0. The average molecular weight is 284 g/mol. The zero-order valence-electron chi connectivity index (χ0n) is 10.3. The maximum absolute atomic E-state index is 4.88. The van der Waals surface area contributed by atoms with Crippen molar-refractivity contribution in [3.8, 4) is 0 Å². The van der Waals surface area contributed by atoms with Crippen LogP contribution in [0.4, 0.5) is 0 Å². The fourth-order valence-electron chi connectivity index (χ4n) is 1.65. The molecule has 1 heterocycles. The van der Waals surface area contributed by atoms with Gasteiger partial charge in [-0.2, -0.15) is 0 Å². The predicted octanol–water partition coefficient (Wildman–Crippen LogP) is 5.14. The molecule has 88 valence electrons. The van der Waals surface area contributed by atoms with Crippen LogP contribution < -0.4 is 0 Å². The quantitative estimate of drug-likeness (QED) is 0.553. The lowest BCUT2D eigenvalue weighted by Crippen LogP contribution is -1.77. The van der Waals surface area contributed by atoms with Gasteiger partial charge in [-0.15, -0.1) is 0 Å².